The number of amides is 1. The molecule has 0 atom stereocenters. The highest BCUT2D eigenvalue weighted by atomic mass is 35.5. The zero-order valence-electron chi connectivity index (χ0n) is 53.1. The third-order valence-corrected chi connectivity index (χ3v) is 15.9. The molecule has 0 radical (unpaired) electrons. The van der Waals surface area contributed by atoms with Crippen LogP contribution in [0.1, 0.15) is 83.5 Å². The van der Waals surface area contributed by atoms with E-state index in [1.807, 2.05) is 11.4 Å². The van der Waals surface area contributed by atoms with E-state index >= 15 is 0 Å². The van der Waals surface area contributed by atoms with Crippen molar-refractivity contribution in [3.63, 3.8) is 0 Å². The Morgan fingerprint density at radius 2 is 1.14 bits per heavy atom. The van der Waals surface area contributed by atoms with Crippen LogP contribution in [0.5, 0.6) is 0 Å². The highest BCUT2D eigenvalue weighted by Gasteiger charge is 2.40. The van der Waals surface area contributed by atoms with E-state index in [-0.39, 0.29) is 65.0 Å². The van der Waals surface area contributed by atoms with Crippen LogP contribution in [-0.2, 0) is 43.6 Å². The molecule has 0 aliphatic heterocycles. The van der Waals surface area contributed by atoms with Gasteiger partial charge in [0.15, 0.2) is 41.2 Å². The number of primary amides is 1. The highest BCUT2D eigenvalue weighted by molar-refractivity contribution is 7.79. The fraction of sp³-hybridized carbons (Fsp3) is 0.153. The molecule has 0 bridgehead atoms. The first-order valence-corrected chi connectivity index (χ1v) is 33.8. The zero-order valence-corrected chi connectivity index (χ0v) is 59.6. The predicted octanol–water partition coefficient (Wildman–Crippen LogP) is 16.4. The number of aromatic nitrogens is 4. The summed E-state index contributed by atoms with van der Waals surface area (Å²) in [5.74, 6) is -0.108. The van der Waals surface area contributed by atoms with Crippen LogP contribution < -0.4 is 23.1 Å². The molecule has 107 heavy (non-hydrogen) atoms. The summed E-state index contributed by atoms with van der Waals surface area (Å²) < 4.78 is 166. The molecular formula is C59H54ClF9N12O19S7. The number of nitrogens with two attached hydrogens (primary N) is 4. The van der Waals surface area contributed by atoms with Crippen LogP contribution in [-0.4, -0.2) is 101 Å². The first-order valence-electron chi connectivity index (χ1n) is 27.1. The molecule has 0 aliphatic rings. The normalized spacial score (nSPS) is 10.1. The maximum absolute atomic E-state index is 12.9. The summed E-state index contributed by atoms with van der Waals surface area (Å²) in [5.41, 5.74) is 15.9. The van der Waals surface area contributed by atoms with Gasteiger partial charge in [0, 0.05) is 64.4 Å². The minimum atomic E-state index is -4.97. The molecule has 0 spiro atoms. The number of halogens is 10. The summed E-state index contributed by atoms with van der Waals surface area (Å²) in [6.45, 7) is 17.0. The van der Waals surface area contributed by atoms with Crippen LogP contribution in [0, 0.1) is 33.4 Å². The maximum atomic E-state index is 12.9. The van der Waals surface area contributed by atoms with Gasteiger partial charge in [-0.05, 0) is 73.0 Å². The van der Waals surface area contributed by atoms with Gasteiger partial charge in [0.2, 0.25) is 21.6 Å². The van der Waals surface area contributed by atoms with Crippen molar-refractivity contribution in [2.45, 2.75) is 52.8 Å². The molecular weight excluding hydrogens is 1610 g/mol. The van der Waals surface area contributed by atoms with Gasteiger partial charge in [-0.3, -0.25) is 58.1 Å². The minimum Gasteiger partial charge on any atom is -0.466 e. The Morgan fingerprint density at radius 1 is 0.673 bits per heavy atom. The van der Waals surface area contributed by atoms with E-state index in [1.54, 1.807) is 54.1 Å². The van der Waals surface area contributed by atoms with Gasteiger partial charge in [0.05, 0.1) is 91.6 Å². The SMILES string of the molecule is C.CCOC(C)=O.Cl.NC(=O)c1cc(-n2nc(C(F)(F)F)cc2-c2ccco2)cs1.NCc1cc(-n2nc(C(F)(F)F)cc2-c2ccco2)cs1.NO.O=C(CC(=O)C(F)(F)F)c1ccco1.O=Cc1cc([N+](=O)[O-])cs1.O=Cc1cccs1.O=S(=O)(O)O.[C-]#[N+]c1cc(N)cs1.[C-]#[N+]c1cc([N+](=O)[O-])cs1. The van der Waals surface area contributed by atoms with Gasteiger partial charge in [-0.15, -0.1) is 57.8 Å². The molecule has 11 rings (SSSR count). The number of carbonyl (C=O) groups is 6. The maximum Gasteiger partial charge on any atom is 0.450 e. The van der Waals surface area contributed by atoms with E-state index in [0.717, 1.165) is 73.1 Å². The number of aldehydes is 2. The van der Waals surface area contributed by atoms with Crippen LogP contribution in [0.15, 0.2) is 155 Å². The second-order valence-corrected chi connectivity index (χ2v) is 24.5. The number of ketones is 2. The Balaban J connectivity index is 0.00000122. The Morgan fingerprint density at radius 3 is 1.44 bits per heavy atom. The number of hydrogen-bond acceptors (Lipinski definition) is 28. The van der Waals surface area contributed by atoms with Crippen molar-refractivity contribution in [1.82, 2.24) is 19.6 Å². The minimum absolute atomic E-state index is 0. The number of furan rings is 3. The lowest BCUT2D eigenvalue weighted by molar-refractivity contribution is -0.384. The number of rotatable bonds is 14. The van der Waals surface area contributed by atoms with Crippen LogP contribution in [0.25, 0.3) is 44.0 Å². The molecule has 576 valence electrons. The number of carbonyl (C=O) groups excluding carboxylic acids is 6. The zero-order chi connectivity index (χ0) is 79.4. The van der Waals surface area contributed by atoms with Gasteiger partial charge < -0.3 is 40.4 Å². The largest absolute Gasteiger partial charge is 0.466 e. The average Bonchev–Trinajstić information content (AvgIpc) is 1.64. The van der Waals surface area contributed by atoms with Crippen LogP contribution >= 0.6 is 80.4 Å². The first kappa shape index (κ1) is 96.1. The lowest BCUT2D eigenvalue weighted by Crippen LogP contribution is -2.25. The number of Topliss-reactive ketones (excluding diaryl/α,β-unsaturated/α-hetero) is 2. The van der Waals surface area contributed by atoms with Gasteiger partial charge >= 0.3 is 34.9 Å². The predicted molar refractivity (Wildman–Crippen MR) is 378 cm³/mol. The van der Waals surface area contributed by atoms with Gasteiger partial charge in [0.25, 0.3) is 17.3 Å². The Hall–Kier alpha value is -10.9. The van der Waals surface area contributed by atoms with E-state index in [1.165, 1.54) is 111 Å². The van der Waals surface area contributed by atoms with Crippen molar-refractivity contribution in [3.8, 4) is 34.3 Å². The van der Waals surface area contributed by atoms with Crippen molar-refractivity contribution in [3.05, 3.63) is 222 Å². The molecule has 0 aromatic carbocycles. The molecule has 11 heterocycles. The summed E-state index contributed by atoms with van der Waals surface area (Å²) in [6.07, 6.45) is -9.94. The van der Waals surface area contributed by atoms with E-state index in [4.69, 9.17) is 61.9 Å². The summed E-state index contributed by atoms with van der Waals surface area (Å²) in [5, 5.41) is 44.3. The number of esters is 1. The molecule has 0 fully saturated rings. The third kappa shape index (κ3) is 35.1. The van der Waals surface area contributed by atoms with Crippen molar-refractivity contribution in [1.29, 1.82) is 0 Å². The molecule has 1 amide bonds. The molecule has 11 N–H and O–H groups in total. The Bertz CT molecular complexity index is 4740. The van der Waals surface area contributed by atoms with E-state index in [0.29, 0.717) is 57.1 Å². The van der Waals surface area contributed by atoms with Gasteiger partial charge in [0.1, 0.15) is 11.4 Å². The van der Waals surface area contributed by atoms with Crippen molar-refractivity contribution < 1.29 is 119 Å². The molecule has 0 saturated heterocycles. The number of nitrogen functional groups attached to an aromatic ring is 1. The Kier molecular flexibility index (Phi) is 42.0. The molecule has 11 aromatic heterocycles. The number of hydrogen-bond donors (Lipinski definition) is 7. The van der Waals surface area contributed by atoms with Crippen LogP contribution in [0.4, 0.5) is 66.6 Å². The van der Waals surface area contributed by atoms with Crippen LogP contribution in [0.2, 0.25) is 0 Å². The lowest BCUT2D eigenvalue weighted by Gasteiger charge is -2.02. The van der Waals surface area contributed by atoms with Gasteiger partial charge in [-0.2, -0.15) is 80.8 Å². The molecule has 0 aliphatic carbocycles. The summed E-state index contributed by atoms with van der Waals surface area (Å²) in [7, 11) is -4.67. The second kappa shape index (κ2) is 46.8. The molecule has 0 saturated carbocycles. The fourth-order valence-electron chi connectivity index (χ4n) is 6.49. The summed E-state index contributed by atoms with van der Waals surface area (Å²) in [4.78, 5) is 89.7. The topological polar surface area (TPSA) is 481 Å². The smallest absolute Gasteiger partial charge is 0.450 e. The van der Waals surface area contributed by atoms with Crippen molar-refractivity contribution >= 4 is 154 Å². The number of alkyl halides is 9. The molecule has 31 nitrogen and oxygen atoms in total. The fourth-order valence-corrected chi connectivity index (χ4v) is 10.3. The lowest BCUT2D eigenvalue weighted by atomic mass is 10.1. The van der Waals surface area contributed by atoms with E-state index < -0.39 is 74.1 Å². The molecule has 0 unspecified atom stereocenters. The van der Waals surface area contributed by atoms with Gasteiger partial charge in [-0.25, -0.2) is 25.0 Å². The Labute approximate surface area is 627 Å². The molecule has 48 heteroatoms. The number of anilines is 1. The standard InChI is InChI=1S/C13H8F3N3O2S.C13H10F3N3OS.C8H5F3O3.C5H2N2O2S.C5H4N2S.C5H3NO3S.C5H4OS.C4H8O2.CH4.ClH.H3NO.H2O4S/c14-13(15,16)11-5-8(9-2-1-3-21-9)19(18-11)7-4-10(12(17)20)22-6-7;14-13(15,16)12-5-10(11-2-1-3-20-11)19(18-12)8-4-9(6-17)21-7-8;9-8(10,11)7(13)4-5(12)6-2-1-3-14-6;1-6-5-2-4(3-10-5)7(8)9;1-7-5-2-4(6)3-8-5;7-2-5-1-4(3-10-5)6(8)9;6-4-5-2-1-3-7-5;1-3-6-4(2)5;;;1-2;1-5(2,3)4/h1-6H,(H2,17,20);1-5,7H,6,17H2;1-3H,4H2;2-3H;2-3H,6H2;1-3H;1-4H;3H2,1-2H3;1H4;1H;2H,1H2;(H2,1,2,3,4). The second-order valence-electron chi connectivity index (χ2n) is 18.0. The summed E-state index contributed by atoms with van der Waals surface area (Å²) >= 11 is 7.37. The number of nitro groups is 2. The molecule has 11 aromatic rings. The van der Waals surface area contributed by atoms with E-state index in [2.05, 4.69) is 34.9 Å². The van der Waals surface area contributed by atoms with Crippen molar-refractivity contribution in [2.75, 3.05) is 12.3 Å². The van der Waals surface area contributed by atoms with Crippen LogP contribution in [0.3, 0.4) is 0 Å². The number of ether oxygens (including phenoxy) is 1. The number of nitrogens with zero attached hydrogens (tertiary/aromatic N) is 8. The quantitative estimate of drug-likeness (QED) is 0.00612. The highest BCUT2D eigenvalue weighted by Crippen LogP contribution is 2.36. The first-order chi connectivity index (χ1) is 49.3. The number of thiophene rings is 6. The van der Waals surface area contributed by atoms with Gasteiger partial charge in [-0.1, -0.05) is 13.5 Å². The summed E-state index contributed by atoms with van der Waals surface area (Å²) in [6, 6.07) is 21.6. The third-order valence-electron chi connectivity index (χ3n) is 10.7. The van der Waals surface area contributed by atoms with E-state index in [9.17, 15) is 88.5 Å². The monoisotopic (exact) mass is 1660 g/mol. The van der Waals surface area contributed by atoms with Crippen molar-refractivity contribution in [2.24, 2.45) is 17.4 Å². The average molecular weight is 1670 g/mol.